The molecule has 177 valence electrons. The molecule has 3 heterocycles. The molecule has 1 radical (unpaired) electrons. The molecule has 3 aromatic heterocycles. The van der Waals surface area contributed by atoms with Crippen molar-refractivity contribution in [2.24, 2.45) is 7.05 Å². The Morgan fingerprint density at radius 3 is 2.51 bits per heavy atom. The van der Waals surface area contributed by atoms with Gasteiger partial charge in [-0.2, -0.15) is 12.1 Å². The van der Waals surface area contributed by atoms with Gasteiger partial charge >= 0.3 is 0 Å². The second-order valence-corrected chi connectivity index (χ2v) is 7.24. The van der Waals surface area contributed by atoms with Crippen LogP contribution in [0, 0.1) is 39.3 Å². The number of rotatable bonds is 3. The fourth-order valence-electron chi connectivity index (χ4n) is 3.33. The molecule has 0 amide bonds. The third-order valence-corrected chi connectivity index (χ3v) is 4.81. The number of hydrogen-bond donors (Lipinski definition) is 0. The van der Waals surface area contributed by atoms with Gasteiger partial charge in [-0.15, -0.1) is 35.4 Å². The van der Waals surface area contributed by atoms with Crippen molar-refractivity contribution in [1.82, 2.24) is 24.1 Å². The summed E-state index contributed by atoms with van der Waals surface area (Å²) < 4.78 is 66.3. The van der Waals surface area contributed by atoms with E-state index in [0.717, 1.165) is 21.6 Å². The molecule has 2 aromatic carbocycles. The zero-order valence-corrected chi connectivity index (χ0v) is 21.2. The summed E-state index contributed by atoms with van der Waals surface area (Å²) in [7, 11) is 1.98. The van der Waals surface area contributed by atoms with Crippen molar-refractivity contribution in [1.29, 1.82) is 0 Å². The molecule has 0 aliphatic carbocycles. The van der Waals surface area contributed by atoms with E-state index in [-0.39, 0.29) is 54.0 Å². The summed E-state index contributed by atoms with van der Waals surface area (Å²) in [6, 6.07) is 16.1. The molecule has 0 spiro atoms. The molecule has 5 aromatic rings. The van der Waals surface area contributed by atoms with E-state index in [1.165, 1.54) is 36.4 Å². The molecule has 5 rings (SSSR count). The molecule has 0 N–H and O–H groups in total. The molecule has 0 saturated heterocycles. The maximum Gasteiger partial charge on any atom is 0.109 e. The maximum atomic E-state index is 8.28. The molecule has 0 bridgehead atoms. The number of benzene rings is 2. The first-order chi connectivity index (χ1) is 19.7. The zero-order valence-electron chi connectivity index (χ0n) is 26.8. The van der Waals surface area contributed by atoms with Gasteiger partial charge < -0.3 is 9.13 Å². The molecule has 0 aliphatic rings. The fourth-order valence-corrected chi connectivity index (χ4v) is 3.33. The Labute approximate surface area is 230 Å². The summed E-state index contributed by atoms with van der Waals surface area (Å²) in [6.07, 6.45) is 4.46. The summed E-state index contributed by atoms with van der Waals surface area (Å²) in [5.74, 6) is 0.896. The third kappa shape index (κ3) is 5.81. The predicted octanol–water partition coefficient (Wildman–Crippen LogP) is 6.10. The SMILES string of the molecule is Cc1cn(C)c(-c2[c-]cncc2)n1.[2H]c1nc(-c2[c-]ccc([N+]#[C-])c2)n(-c2c(C([2H])([2H])[2H])cccc2C([2H])([2H])[2H])c1[2H].[Ir]. The normalized spacial score (nSPS) is 14.1. The number of aromatic nitrogens is 5. The first-order valence-corrected chi connectivity index (χ1v) is 10.1. The topological polar surface area (TPSA) is 52.9 Å². The Balaban J connectivity index is 0.000000302. The summed E-state index contributed by atoms with van der Waals surface area (Å²) in [5.41, 5.74) is 1.70. The van der Waals surface area contributed by atoms with Gasteiger partial charge in [-0.05, 0) is 44.1 Å². The smallest absolute Gasteiger partial charge is 0.109 e. The van der Waals surface area contributed by atoms with Crippen LogP contribution in [0.5, 0.6) is 0 Å². The van der Waals surface area contributed by atoms with Crippen molar-refractivity contribution in [2.45, 2.75) is 20.6 Å². The molecular formula is C28H24IrN6-2. The number of pyridine rings is 1. The second-order valence-electron chi connectivity index (χ2n) is 7.24. The van der Waals surface area contributed by atoms with Crippen molar-refractivity contribution in [3.63, 3.8) is 0 Å². The molecule has 7 heteroatoms. The van der Waals surface area contributed by atoms with E-state index in [1.54, 1.807) is 12.4 Å². The van der Waals surface area contributed by atoms with E-state index >= 15 is 0 Å². The molecule has 35 heavy (non-hydrogen) atoms. The average molecular weight is 645 g/mol. The standard InChI is InChI=1S/C18H14N3.C10H10N3.Ir/c1-13-6-4-7-14(2)17(13)21-11-10-20-18(21)15-8-5-9-16(12-15)19-3;1-8-7-13(2)10(12-8)9-3-5-11-6-4-9;/h4-7,9-12H,1-2H3;3,5-7H,1-2H3;/q2*-1;/i1D3,2D3,10D,11D;;. The summed E-state index contributed by atoms with van der Waals surface area (Å²) >= 11 is 0. The number of hydrogen-bond acceptors (Lipinski definition) is 3. The van der Waals surface area contributed by atoms with Crippen LogP contribution in [0.1, 0.15) is 27.8 Å². The minimum absolute atomic E-state index is 0. The van der Waals surface area contributed by atoms with Crippen molar-refractivity contribution < 1.29 is 31.1 Å². The van der Waals surface area contributed by atoms with Gasteiger partial charge in [-0.25, -0.2) is 0 Å². The minimum atomic E-state index is -2.67. The first kappa shape index (κ1) is 16.7. The summed E-state index contributed by atoms with van der Waals surface area (Å²) in [6.45, 7) is 3.79. The van der Waals surface area contributed by atoms with Crippen LogP contribution in [-0.2, 0) is 27.2 Å². The molecule has 0 fully saturated rings. The van der Waals surface area contributed by atoms with Gasteiger partial charge in [-0.3, -0.25) is 19.8 Å². The van der Waals surface area contributed by atoms with Gasteiger partial charge in [-0.1, -0.05) is 18.2 Å². The third-order valence-electron chi connectivity index (χ3n) is 4.81. The van der Waals surface area contributed by atoms with Crippen LogP contribution in [0.25, 0.3) is 33.3 Å². The van der Waals surface area contributed by atoms with E-state index in [2.05, 4.69) is 31.9 Å². The summed E-state index contributed by atoms with van der Waals surface area (Å²) in [4.78, 5) is 15.6. The Morgan fingerprint density at radius 2 is 1.89 bits per heavy atom. The van der Waals surface area contributed by atoms with E-state index in [1.807, 2.05) is 30.8 Å². The predicted molar refractivity (Wildman–Crippen MR) is 134 cm³/mol. The van der Waals surface area contributed by atoms with E-state index in [0.29, 0.717) is 0 Å². The van der Waals surface area contributed by atoms with Crippen LogP contribution in [0.15, 0.2) is 73.4 Å². The Hall–Kier alpha value is -3.85. The monoisotopic (exact) mass is 645 g/mol. The van der Waals surface area contributed by atoms with Gasteiger partial charge in [0.25, 0.3) is 0 Å². The number of imidazole rings is 2. The first-order valence-electron chi connectivity index (χ1n) is 14.1. The zero-order chi connectivity index (χ0) is 30.8. The second kappa shape index (κ2) is 11.5. The quantitative estimate of drug-likeness (QED) is 0.223. The largest absolute Gasteiger partial charge is 0.386 e. The molecular weight excluding hydrogens is 613 g/mol. The van der Waals surface area contributed by atoms with Crippen molar-refractivity contribution in [2.75, 3.05) is 0 Å². The van der Waals surface area contributed by atoms with Gasteiger partial charge in [0.15, 0.2) is 0 Å². The van der Waals surface area contributed by atoms with Crippen LogP contribution in [-0.4, -0.2) is 24.1 Å². The number of aryl methyl sites for hydroxylation is 4. The van der Waals surface area contributed by atoms with Gasteiger partial charge in [0.05, 0.1) is 15.1 Å². The van der Waals surface area contributed by atoms with Crippen LogP contribution in [0.4, 0.5) is 5.69 Å². The van der Waals surface area contributed by atoms with E-state index < -0.39 is 26.0 Å². The number of para-hydroxylation sites is 1. The number of nitrogens with zero attached hydrogens (tertiary/aromatic N) is 6. The fraction of sp³-hybridized carbons (Fsp3) is 0.143. The molecule has 6 nitrogen and oxygen atoms in total. The average Bonchev–Trinajstić information content (AvgIpc) is 3.44. The van der Waals surface area contributed by atoms with Crippen LogP contribution in [0.2, 0.25) is 0 Å². The van der Waals surface area contributed by atoms with Gasteiger partial charge in [0.2, 0.25) is 0 Å². The Morgan fingerprint density at radius 1 is 1.09 bits per heavy atom. The maximum absolute atomic E-state index is 8.28. The van der Waals surface area contributed by atoms with Gasteiger partial charge in [0.1, 0.15) is 5.69 Å². The summed E-state index contributed by atoms with van der Waals surface area (Å²) in [5, 5.41) is 0. The Kier molecular flexibility index (Phi) is 5.51. The van der Waals surface area contributed by atoms with Crippen molar-refractivity contribution in [3.8, 4) is 28.5 Å². The van der Waals surface area contributed by atoms with Crippen LogP contribution < -0.4 is 0 Å². The van der Waals surface area contributed by atoms with Crippen LogP contribution >= 0.6 is 0 Å². The van der Waals surface area contributed by atoms with Gasteiger partial charge in [0, 0.05) is 71.1 Å². The minimum Gasteiger partial charge on any atom is -0.386 e. The molecule has 0 aliphatic heterocycles. The van der Waals surface area contributed by atoms with Crippen LogP contribution in [0.3, 0.4) is 0 Å². The van der Waals surface area contributed by atoms with E-state index in [9.17, 15) is 0 Å². The Bertz CT molecular complexity index is 1740. The molecule has 0 unspecified atom stereocenters. The molecule has 0 saturated carbocycles. The molecule has 0 atom stereocenters. The van der Waals surface area contributed by atoms with Crippen molar-refractivity contribution >= 4 is 5.69 Å². The van der Waals surface area contributed by atoms with E-state index in [4.69, 9.17) is 17.5 Å². The van der Waals surface area contributed by atoms with Crippen molar-refractivity contribution in [3.05, 3.63) is 114 Å².